The van der Waals surface area contributed by atoms with Crippen LogP contribution in [0.15, 0.2) is 36.4 Å². The lowest BCUT2D eigenvalue weighted by molar-refractivity contribution is -0.158. The Labute approximate surface area is 226 Å². The second-order valence-corrected chi connectivity index (χ2v) is 10.7. The summed E-state index contributed by atoms with van der Waals surface area (Å²) in [6.45, 7) is 6.12. The van der Waals surface area contributed by atoms with E-state index in [0.717, 1.165) is 37.7 Å². The van der Waals surface area contributed by atoms with Crippen LogP contribution in [0.1, 0.15) is 103 Å². The van der Waals surface area contributed by atoms with Gasteiger partial charge in [-0.1, -0.05) is 83.6 Å². The van der Waals surface area contributed by atoms with Crippen molar-refractivity contribution in [3.05, 3.63) is 53.6 Å². The SMILES string of the molecule is CCCCCCCCOc1ccc(-c2ccc(C3CCC(OC(=O)[C@@H](F)[C@@H](C)CC)CC3)cc2)c(F)c1F. The van der Waals surface area contributed by atoms with Gasteiger partial charge in [0.1, 0.15) is 6.10 Å². The quantitative estimate of drug-likeness (QED) is 0.180. The number of carbonyl (C=O) groups excluding carboxylic acids is 1. The first-order valence-corrected chi connectivity index (χ1v) is 14.4. The number of esters is 1. The Morgan fingerprint density at radius 2 is 1.55 bits per heavy atom. The average molecular weight is 533 g/mol. The van der Waals surface area contributed by atoms with Crippen molar-refractivity contribution in [1.29, 1.82) is 0 Å². The van der Waals surface area contributed by atoms with Crippen LogP contribution < -0.4 is 4.74 Å². The molecule has 210 valence electrons. The minimum Gasteiger partial charge on any atom is -0.490 e. The van der Waals surface area contributed by atoms with E-state index in [4.69, 9.17) is 9.47 Å². The molecule has 0 unspecified atom stereocenters. The maximum absolute atomic E-state index is 14.9. The Bertz CT molecular complexity index is 1000. The highest BCUT2D eigenvalue weighted by atomic mass is 19.2. The van der Waals surface area contributed by atoms with E-state index in [1.54, 1.807) is 13.0 Å². The number of ether oxygens (including phenoxy) is 2. The third kappa shape index (κ3) is 8.25. The maximum atomic E-state index is 14.9. The topological polar surface area (TPSA) is 35.5 Å². The van der Waals surface area contributed by atoms with Crippen LogP contribution in [0, 0.1) is 17.6 Å². The molecule has 1 fully saturated rings. The molecule has 0 aromatic heterocycles. The molecule has 0 spiro atoms. The number of carbonyl (C=O) groups is 1. The molecule has 3 rings (SSSR count). The van der Waals surface area contributed by atoms with Crippen LogP contribution in [0.5, 0.6) is 5.75 Å². The molecule has 38 heavy (non-hydrogen) atoms. The van der Waals surface area contributed by atoms with Crippen molar-refractivity contribution in [3.8, 4) is 16.9 Å². The predicted molar refractivity (Wildman–Crippen MR) is 146 cm³/mol. The van der Waals surface area contributed by atoms with E-state index in [1.165, 1.54) is 25.3 Å². The summed E-state index contributed by atoms with van der Waals surface area (Å²) >= 11 is 0. The van der Waals surface area contributed by atoms with Crippen LogP contribution in [0.25, 0.3) is 11.1 Å². The largest absolute Gasteiger partial charge is 0.490 e. The van der Waals surface area contributed by atoms with Crippen LogP contribution in [-0.4, -0.2) is 24.9 Å². The fourth-order valence-electron chi connectivity index (χ4n) is 5.05. The number of benzene rings is 2. The number of alkyl halides is 1. The lowest BCUT2D eigenvalue weighted by atomic mass is 9.82. The zero-order chi connectivity index (χ0) is 27.5. The Hall–Kier alpha value is -2.50. The first kappa shape index (κ1) is 30.0. The number of hydrogen-bond acceptors (Lipinski definition) is 3. The smallest absolute Gasteiger partial charge is 0.341 e. The molecule has 6 heteroatoms. The predicted octanol–water partition coefficient (Wildman–Crippen LogP) is 9.32. The number of rotatable bonds is 14. The van der Waals surface area contributed by atoms with Crippen molar-refractivity contribution in [2.75, 3.05) is 6.61 Å². The molecule has 2 aromatic rings. The molecule has 0 heterocycles. The van der Waals surface area contributed by atoms with Gasteiger partial charge in [-0.25, -0.2) is 13.6 Å². The minimum atomic E-state index is -1.57. The van der Waals surface area contributed by atoms with E-state index >= 15 is 0 Å². The van der Waals surface area contributed by atoms with Crippen molar-refractivity contribution in [2.24, 2.45) is 5.92 Å². The molecule has 1 saturated carbocycles. The lowest BCUT2D eigenvalue weighted by Crippen LogP contribution is -2.31. The summed E-state index contributed by atoms with van der Waals surface area (Å²) in [6, 6.07) is 10.6. The van der Waals surface area contributed by atoms with Gasteiger partial charge in [0, 0.05) is 5.56 Å². The summed E-state index contributed by atoms with van der Waals surface area (Å²) in [5.41, 5.74) is 1.93. The van der Waals surface area contributed by atoms with Gasteiger partial charge < -0.3 is 9.47 Å². The normalized spacial score (nSPS) is 19.1. The van der Waals surface area contributed by atoms with Gasteiger partial charge in [0.15, 0.2) is 17.7 Å². The molecule has 0 aliphatic heterocycles. The zero-order valence-electron chi connectivity index (χ0n) is 23.1. The first-order valence-electron chi connectivity index (χ1n) is 14.4. The van der Waals surface area contributed by atoms with Crippen molar-refractivity contribution in [1.82, 2.24) is 0 Å². The number of unbranched alkanes of at least 4 members (excludes halogenated alkanes) is 5. The van der Waals surface area contributed by atoms with Gasteiger partial charge in [-0.15, -0.1) is 0 Å². The molecule has 1 aliphatic rings. The van der Waals surface area contributed by atoms with Crippen molar-refractivity contribution < 1.29 is 27.4 Å². The number of hydrogen-bond donors (Lipinski definition) is 0. The van der Waals surface area contributed by atoms with Crippen LogP contribution in [0.4, 0.5) is 13.2 Å². The van der Waals surface area contributed by atoms with Gasteiger partial charge >= 0.3 is 5.97 Å². The van der Waals surface area contributed by atoms with Crippen molar-refractivity contribution >= 4 is 5.97 Å². The maximum Gasteiger partial charge on any atom is 0.341 e. The molecule has 0 bridgehead atoms. The van der Waals surface area contributed by atoms with Crippen LogP contribution in [0.3, 0.4) is 0 Å². The summed E-state index contributed by atoms with van der Waals surface area (Å²) < 4.78 is 54.6. The van der Waals surface area contributed by atoms with Gasteiger partial charge in [0.2, 0.25) is 5.82 Å². The highest BCUT2D eigenvalue weighted by Gasteiger charge is 2.30. The Kier molecular flexibility index (Phi) is 12.0. The van der Waals surface area contributed by atoms with Gasteiger partial charge in [0.05, 0.1) is 6.61 Å². The molecule has 0 radical (unpaired) electrons. The second-order valence-electron chi connectivity index (χ2n) is 10.7. The monoisotopic (exact) mass is 532 g/mol. The van der Waals surface area contributed by atoms with Crippen molar-refractivity contribution in [2.45, 2.75) is 110 Å². The van der Waals surface area contributed by atoms with E-state index < -0.39 is 23.8 Å². The summed E-state index contributed by atoms with van der Waals surface area (Å²) in [6.07, 6.45) is 8.39. The molecular weight excluding hydrogens is 489 g/mol. The standard InChI is InChI=1S/C32H43F3O3/c1-4-6-7-8-9-10-21-37-28-20-19-27(30(34)31(28)35)25-13-11-23(12-14-25)24-15-17-26(18-16-24)38-32(36)29(33)22(3)5-2/h11-14,19-20,22,24,26,29H,4-10,15-18,21H2,1-3H3/t22-,24?,26?,29-/m0/s1. The van der Waals surface area contributed by atoms with E-state index in [2.05, 4.69) is 6.92 Å². The van der Waals surface area contributed by atoms with Gasteiger partial charge in [-0.3, -0.25) is 0 Å². The fourth-order valence-corrected chi connectivity index (χ4v) is 5.05. The first-order chi connectivity index (χ1) is 18.3. The van der Waals surface area contributed by atoms with Gasteiger partial charge in [-0.2, -0.15) is 4.39 Å². The van der Waals surface area contributed by atoms with E-state index in [-0.39, 0.29) is 29.3 Å². The summed E-state index contributed by atoms with van der Waals surface area (Å²) in [4.78, 5) is 12.1. The minimum absolute atomic E-state index is 0.0443. The fraction of sp³-hybridized carbons (Fsp3) is 0.594. The van der Waals surface area contributed by atoms with E-state index in [9.17, 15) is 18.0 Å². The second kappa shape index (κ2) is 15.2. The molecule has 0 saturated heterocycles. The highest BCUT2D eigenvalue weighted by Crippen LogP contribution is 2.36. The van der Waals surface area contributed by atoms with Gasteiger partial charge in [0.25, 0.3) is 0 Å². The third-order valence-corrected chi connectivity index (χ3v) is 7.82. The summed E-state index contributed by atoms with van der Waals surface area (Å²) in [5, 5.41) is 0. The van der Waals surface area contributed by atoms with Crippen LogP contribution in [0.2, 0.25) is 0 Å². The van der Waals surface area contributed by atoms with Gasteiger partial charge in [-0.05, 0) is 67.2 Å². The van der Waals surface area contributed by atoms with Crippen LogP contribution >= 0.6 is 0 Å². The Morgan fingerprint density at radius 3 is 2.21 bits per heavy atom. The molecule has 0 N–H and O–H groups in total. The molecule has 2 atom stereocenters. The zero-order valence-corrected chi connectivity index (χ0v) is 23.1. The number of halogens is 3. The van der Waals surface area contributed by atoms with E-state index in [1.807, 2.05) is 31.2 Å². The highest BCUT2D eigenvalue weighted by molar-refractivity contribution is 5.75. The molecule has 2 aromatic carbocycles. The molecule has 0 amide bonds. The Morgan fingerprint density at radius 1 is 0.895 bits per heavy atom. The molecule has 1 aliphatic carbocycles. The van der Waals surface area contributed by atoms with Crippen LogP contribution in [-0.2, 0) is 9.53 Å². The third-order valence-electron chi connectivity index (χ3n) is 7.82. The lowest BCUT2D eigenvalue weighted by Gasteiger charge is -2.29. The Balaban J connectivity index is 1.51. The molecule has 3 nitrogen and oxygen atoms in total. The average Bonchev–Trinajstić information content (AvgIpc) is 2.94. The molecular formula is C32H43F3O3. The van der Waals surface area contributed by atoms with Crippen molar-refractivity contribution in [3.63, 3.8) is 0 Å². The summed E-state index contributed by atoms with van der Waals surface area (Å²) in [5.74, 6) is -2.70. The summed E-state index contributed by atoms with van der Waals surface area (Å²) in [7, 11) is 0. The van der Waals surface area contributed by atoms with E-state index in [0.29, 0.717) is 31.4 Å².